The molecule has 140 valence electrons. The molecule has 0 radical (unpaired) electrons. The van der Waals surface area contributed by atoms with Crippen molar-refractivity contribution in [3.8, 4) is 0 Å². The van der Waals surface area contributed by atoms with Gasteiger partial charge in [0.15, 0.2) is 11.7 Å². The Morgan fingerprint density at radius 3 is 3.00 bits per heavy atom. The van der Waals surface area contributed by atoms with Crippen LogP contribution in [0.15, 0.2) is 40.8 Å². The Bertz CT molecular complexity index is 917. The van der Waals surface area contributed by atoms with Crippen LogP contribution in [0.5, 0.6) is 0 Å². The summed E-state index contributed by atoms with van der Waals surface area (Å²) in [5.41, 5.74) is 2.35. The van der Waals surface area contributed by atoms with Gasteiger partial charge in [0, 0.05) is 37.1 Å². The Morgan fingerprint density at radius 1 is 1.30 bits per heavy atom. The van der Waals surface area contributed by atoms with Gasteiger partial charge in [-0.3, -0.25) is 9.67 Å². The van der Waals surface area contributed by atoms with Crippen molar-refractivity contribution in [1.82, 2.24) is 24.4 Å². The highest BCUT2D eigenvalue weighted by molar-refractivity contribution is 7.10. The molecule has 8 nitrogen and oxygen atoms in total. The molecule has 9 heteroatoms. The number of piperidine rings is 1. The lowest BCUT2D eigenvalue weighted by Gasteiger charge is -2.26. The first kappa shape index (κ1) is 16.6. The van der Waals surface area contributed by atoms with Gasteiger partial charge in [-0.2, -0.15) is 9.47 Å². The molecule has 5 rings (SSSR count). The number of anilines is 1. The first-order chi connectivity index (χ1) is 13.3. The summed E-state index contributed by atoms with van der Waals surface area (Å²) in [6, 6.07) is 2.34. The van der Waals surface area contributed by atoms with E-state index in [2.05, 4.69) is 36.1 Å². The van der Waals surface area contributed by atoms with E-state index in [9.17, 15) is 0 Å². The summed E-state index contributed by atoms with van der Waals surface area (Å²) in [4.78, 5) is 11.4. The maximum Gasteiger partial charge on any atom is 0.174 e. The number of hydrogen-bond acceptors (Lipinski definition) is 8. The number of amidine groups is 2. The van der Waals surface area contributed by atoms with Crippen molar-refractivity contribution in [1.29, 1.82) is 0 Å². The molecule has 0 bridgehead atoms. The van der Waals surface area contributed by atoms with Crippen molar-refractivity contribution in [2.24, 2.45) is 17.0 Å². The zero-order chi connectivity index (χ0) is 18.2. The molecule has 0 aliphatic carbocycles. The van der Waals surface area contributed by atoms with Crippen molar-refractivity contribution in [2.75, 3.05) is 25.0 Å². The van der Waals surface area contributed by atoms with Crippen LogP contribution < -0.4 is 10.6 Å². The summed E-state index contributed by atoms with van der Waals surface area (Å²) in [6.07, 6.45) is 10.1. The predicted molar refractivity (Wildman–Crippen MR) is 107 cm³/mol. The van der Waals surface area contributed by atoms with E-state index in [0.29, 0.717) is 12.5 Å². The number of aromatic nitrogens is 3. The van der Waals surface area contributed by atoms with Gasteiger partial charge in [-0.05, 0) is 43.5 Å². The fourth-order valence-corrected chi connectivity index (χ4v) is 4.56. The number of aliphatic imine (C=N–C) groups is 2. The molecule has 1 unspecified atom stereocenters. The Balaban J connectivity index is 1.31. The van der Waals surface area contributed by atoms with Gasteiger partial charge >= 0.3 is 0 Å². The predicted octanol–water partition coefficient (Wildman–Crippen LogP) is 2.09. The number of fused-ring (bicyclic) bond motifs is 1. The summed E-state index contributed by atoms with van der Waals surface area (Å²) in [6.45, 7) is 2.85. The van der Waals surface area contributed by atoms with Gasteiger partial charge in [-0.25, -0.2) is 4.99 Å². The van der Waals surface area contributed by atoms with Crippen LogP contribution in [0, 0.1) is 0 Å². The fraction of sp³-hybridized carbons (Fsp3) is 0.444. The molecule has 5 heterocycles. The van der Waals surface area contributed by atoms with E-state index in [1.54, 1.807) is 0 Å². The SMILES string of the molecule is Cn1cc(C2CN=C3C(Nc4cc(C5CCNCC5)ns4)=NC=CN32)cn1. The third kappa shape index (κ3) is 3.17. The monoisotopic (exact) mass is 382 g/mol. The molecule has 2 aromatic rings. The number of hydrogen-bond donors (Lipinski definition) is 2. The second kappa shape index (κ2) is 6.90. The first-order valence-corrected chi connectivity index (χ1v) is 10.1. The molecule has 0 spiro atoms. The molecule has 0 aromatic carbocycles. The molecule has 1 atom stereocenters. The van der Waals surface area contributed by atoms with Crippen molar-refractivity contribution < 1.29 is 0 Å². The van der Waals surface area contributed by atoms with Gasteiger partial charge in [0.05, 0.1) is 24.5 Å². The number of nitrogens with zero attached hydrogens (tertiary/aromatic N) is 6. The van der Waals surface area contributed by atoms with E-state index >= 15 is 0 Å². The average molecular weight is 382 g/mol. The van der Waals surface area contributed by atoms with Gasteiger partial charge in [0.2, 0.25) is 0 Å². The van der Waals surface area contributed by atoms with E-state index in [-0.39, 0.29) is 6.04 Å². The van der Waals surface area contributed by atoms with E-state index < -0.39 is 0 Å². The maximum absolute atomic E-state index is 4.74. The molecule has 3 aliphatic rings. The fourth-order valence-electron chi connectivity index (χ4n) is 3.84. The van der Waals surface area contributed by atoms with Crippen LogP contribution in [0.3, 0.4) is 0 Å². The topological polar surface area (TPSA) is 82.7 Å². The Morgan fingerprint density at radius 2 is 2.19 bits per heavy atom. The zero-order valence-corrected chi connectivity index (χ0v) is 16.0. The molecule has 0 saturated carbocycles. The summed E-state index contributed by atoms with van der Waals surface area (Å²) in [7, 11) is 1.93. The lowest BCUT2D eigenvalue weighted by Crippen LogP contribution is -2.36. The van der Waals surface area contributed by atoms with Crippen LogP contribution in [0.4, 0.5) is 5.00 Å². The minimum absolute atomic E-state index is 0.170. The second-order valence-corrected chi connectivity index (χ2v) is 7.88. The lowest BCUT2D eigenvalue weighted by atomic mass is 9.95. The molecule has 3 aliphatic heterocycles. The molecular formula is C18H22N8S. The van der Waals surface area contributed by atoms with Gasteiger partial charge in [-0.1, -0.05) is 0 Å². The van der Waals surface area contributed by atoms with Gasteiger partial charge in [-0.15, -0.1) is 0 Å². The van der Waals surface area contributed by atoms with E-state index in [4.69, 9.17) is 4.99 Å². The van der Waals surface area contributed by atoms with Crippen LogP contribution in [-0.4, -0.2) is 50.4 Å². The third-order valence-electron chi connectivity index (χ3n) is 5.27. The lowest BCUT2D eigenvalue weighted by molar-refractivity contribution is 0.455. The molecule has 0 amide bonds. The minimum atomic E-state index is 0.170. The zero-order valence-electron chi connectivity index (χ0n) is 15.2. The smallest absolute Gasteiger partial charge is 0.174 e. The molecule has 1 saturated heterocycles. The molecule has 2 N–H and O–H groups in total. The van der Waals surface area contributed by atoms with Gasteiger partial charge < -0.3 is 15.5 Å². The highest BCUT2D eigenvalue weighted by Gasteiger charge is 2.33. The van der Waals surface area contributed by atoms with Crippen LogP contribution in [-0.2, 0) is 7.05 Å². The second-order valence-electron chi connectivity index (χ2n) is 7.08. The third-order valence-corrected chi connectivity index (χ3v) is 5.99. The largest absolute Gasteiger partial charge is 0.328 e. The summed E-state index contributed by atoms with van der Waals surface area (Å²) < 4.78 is 6.50. The Labute approximate surface area is 161 Å². The van der Waals surface area contributed by atoms with Crippen molar-refractivity contribution in [3.05, 3.63) is 42.1 Å². The first-order valence-electron chi connectivity index (χ1n) is 9.28. The minimum Gasteiger partial charge on any atom is -0.328 e. The van der Waals surface area contributed by atoms with Crippen molar-refractivity contribution >= 4 is 28.2 Å². The Kier molecular flexibility index (Phi) is 4.25. The van der Waals surface area contributed by atoms with Crippen molar-refractivity contribution in [2.45, 2.75) is 24.8 Å². The van der Waals surface area contributed by atoms with Crippen LogP contribution in [0.2, 0.25) is 0 Å². The highest BCUT2D eigenvalue weighted by atomic mass is 32.1. The summed E-state index contributed by atoms with van der Waals surface area (Å²) in [5, 5.41) is 12.2. The van der Waals surface area contributed by atoms with E-state index in [1.807, 2.05) is 36.5 Å². The van der Waals surface area contributed by atoms with Crippen LogP contribution >= 0.6 is 11.5 Å². The summed E-state index contributed by atoms with van der Waals surface area (Å²) >= 11 is 1.50. The average Bonchev–Trinajstić information content (AvgIpc) is 3.42. The Hall–Kier alpha value is -2.52. The molecule has 27 heavy (non-hydrogen) atoms. The quantitative estimate of drug-likeness (QED) is 0.849. The molecular weight excluding hydrogens is 360 g/mol. The van der Waals surface area contributed by atoms with Crippen molar-refractivity contribution in [3.63, 3.8) is 0 Å². The standard InChI is InChI=1S/C18H22N8S/c1-25-11-13(9-22-25)15-10-21-18-17(20-6-7-26(15)18)23-16-8-14(24-27-16)12-2-4-19-5-3-12/h6-9,11-12,15,19H,2-5,10H2,1H3,(H,20,23). The normalized spacial score (nSPS) is 22.6. The number of aryl methyl sites for hydroxylation is 1. The number of rotatable bonds is 3. The van der Waals surface area contributed by atoms with Crippen LogP contribution in [0.1, 0.15) is 36.1 Å². The summed E-state index contributed by atoms with van der Waals surface area (Å²) in [5.74, 6) is 2.22. The molecule has 2 aromatic heterocycles. The maximum atomic E-state index is 4.74. The van der Waals surface area contributed by atoms with E-state index in [1.165, 1.54) is 17.2 Å². The van der Waals surface area contributed by atoms with Crippen LogP contribution in [0.25, 0.3) is 0 Å². The number of nitrogens with one attached hydrogen (secondary N) is 2. The van der Waals surface area contributed by atoms with Gasteiger partial charge in [0.1, 0.15) is 5.00 Å². The highest BCUT2D eigenvalue weighted by Crippen LogP contribution is 2.31. The van der Waals surface area contributed by atoms with E-state index in [0.717, 1.165) is 48.2 Å². The molecule has 1 fully saturated rings. The van der Waals surface area contributed by atoms with Gasteiger partial charge in [0.25, 0.3) is 0 Å².